The fourth-order valence-corrected chi connectivity index (χ4v) is 2.19. The molecule has 2 rings (SSSR count). The summed E-state index contributed by atoms with van der Waals surface area (Å²) in [5.41, 5.74) is -2.58. The van der Waals surface area contributed by atoms with Gasteiger partial charge in [0, 0.05) is 13.2 Å². The molecule has 4 nitrogen and oxygen atoms in total. The summed E-state index contributed by atoms with van der Waals surface area (Å²) < 4.78 is 41.2. The minimum absolute atomic E-state index is 0.0535. The largest absolute Gasteiger partial charge is 0.460 e. The zero-order valence-corrected chi connectivity index (χ0v) is 9.21. The third-order valence-corrected chi connectivity index (χ3v) is 3.03. The Kier molecular flexibility index (Phi) is 2.65. The number of nitrogens with zero attached hydrogens (tertiary/aromatic N) is 1. The maximum Gasteiger partial charge on any atom is 0.460 e. The van der Waals surface area contributed by atoms with Gasteiger partial charge in [0.05, 0.1) is 18.8 Å². The summed E-state index contributed by atoms with van der Waals surface area (Å²) in [6.45, 7) is 0.456. The number of rotatable bonds is 1. The van der Waals surface area contributed by atoms with Crippen molar-refractivity contribution in [3.8, 4) is 0 Å². The molecule has 17 heavy (non-hydrogen) atoms. The average molecular weight is 248 g/mol. The number of carbonyl (C=O) groups is 1. The molecule has 1 fully saturated rings. The zero-order valence-electron chi connectivity index (χ0n) is 9.21. The van der Waals surface area contributed by atoms with Crippen LogP contribution in [0.5, 0.6) is 0 Å². The number of aryl methyl sites for hydroxylation is 1. The highest BCUT2D eigenvalue weighted by Gasteiger charge is 2.67. The Morgan fingerprint density at radius 2 is 2.24 bits per heavy atom. The van der Waals surface area contributed by atoms with Gasteiger partial charge < -0.3 is 15.2 Å². The molecule has 0 spiro atoms. The second-order valence-electron chi connectivity index (χ2n) is 4.06. The average Bonchev–Trinajstić information content (AvgIpc) is 2.64. The quantitative estimate of drug-likeness (QED) is 0.690. The molecule has 1 atom stereocenters. The molecule has 0 unspecified atom stereocenters. The van der Waals surface area contributed by atoms with Crippen molar-refractivity contribution in [2.45, 2.75) is 11.7 Å². The van der Waals surface area contributed by atoms with Crippen LogP contribution in [0.2, 0.25) is 0 Å². The van der Waals surface area contributed by atoms with E-state index in [9.17, 15) is 18.0 Å². The second kappa shape index (κ2) is 3.76. The molecule has 7 heteroatoms. The van der Waals surface area contributed by atoms with Crippen molar-refractivity contribution in [2.75, 3.05) is 13.1 Å². The maximum absolute atomic E-state index is 13.3. The van der Waals surface area contributed by atoms with Gasteiger partial charge in [0.25, 0.3) is 5.91 Å². The summed E-state index contributed by atoms with van der Waals surface area (Å²) in [6, 6.07) is 2.83. The van der Waals surface area contributed by atoms with Gasteiger partial charge in [0.2, 0.25) is 0 Å². The van der Waals surface area contributed by atoms with E-state index in [1.807, 2.05) is 0 Å². The van der Waals surface area contributed by atoms with Gasteiger partial charge >= 0.3 is 11.7 Å². The molecule has 0 aliphatic carbocycles. The summed E-state index contributed by atoms with van der Waals surface area (Å²) in [4.78, 5) is 11.7. The lowest BCUT2D eigenvalue weighted by atomic mass is 9.91. The highest BCUT2D eigenvalue weighted by Crippen LogP contribution is 2.36. The second-order valence-corrected chi connectivity index (χ2v) is 4.06. The number of alkyl halides is 3. The van der Waals surface area contributed by atoms with Crippen molar-refractivity contribution < 1.29 is 23.3 Å². The molecule has 3 N–H and O–H groups in total. The third-order valence-electron chi connectivity index (χ3n) is 3.03. The summed E-state index contributed by atoms with van der Waals surface area (Å²) in [7, 11) is 1.50. The SMILES string of the molecule is Cn1cccc1[C@@]1(C(F)(F)F)[NH2+]CCNC1=O. The number of aromatic nitrogens is 1. The fraction of sp³-hybridized carbons (Fsp3) is 0.500. The zero-order chi connectivity index (χ0) is 12.7. The van der Waals surface area contributed by atoms with E-state index in [0.717, 1.165) is 5.32 Å². The van der Waals surface area contributed by atoms with Crippen LogP contribution in [-0.4, -0.2) is 29.7 Å². The van der Waals surface area contributed by atoms with Gasteiger partial charge in [-0.05, 0) is 12.1 Å². The lowest BCUT2D eigenvalue weighted by Crippen LogP contribution is -3.04. The van der Waals surface area contributed by atoms with Crippen LogP contribution in [0.15, 0.2) is 18.3 Å². The van der Waals surface area contributed by atoms with E-state index in [4.69, 9.17) is 0 Å². The minimum atomic E-state index is -4.64. The van der Waals surface area contributed by atoms with Crippen molar-refractivity contribution in [2.24, 2.45) is 7.05 Å². The fourth-order valence-electron chi connectivity index (χ4n) is 2.19. The number of amides is 1. The predicted molar refractivity (Wildman–Crippen MR) is 52.9 cm³/mol. The van der Waals surface area contributed by atoms with Gasteiger partial charge in [-0.1, -0.05) is 0 Å². The molecule has 0 radical (unpaired) electrons. The van der Waals surface area contributed by atoms with Gasteiger partial charge in [0.1, 0.15) is 0 Å². The van der Waals surface area contributed by atoms with Crippen LogP contribution in [0.3, 0.4) is 0 Å². The summed E-state index contributed by atoms with van der Waals surface area (Å²) >= 11 is 0. The van der Waals surface area contributed by atoms with Crippen LogP contribution >= 0.6 is 0 Å². The van der Waals surface area contributed by atoms with Crippen LogP contribution < -0.4 is 10.6 Å². The van der Waals surface area contributed by atoms with E-state index in [1.165, 1.54) is 29.9 Å². The summed E-state index contributed by atoms with van der Waals surface area (Å²) in [5, 5.41) is 3.35. The Hall–Kier alpha value is -1.50. The lowest BCUT2D eigenvalue weighted by molar-refractivity contribution is -0.751. The standard InChI is InChI=1S/C10H12F3N3O/c1-16-6-2-3-7(16)9(10(11,12)13)8(17)14-4-5-15-9/h2-3,6,15H,4-5H2,1H3,(H,14,17)/p+1/t9-/m1/s1. The van der Waals surface area contributed by atoms with Crippen molar-refractivity contribution in [3.63, 3.8) is 0 Å². The first-order chi connectivity index (χ1) is 7.89. The van der Waals surface area contributed by atoms with Gasteiger partial charge in [-0.25, -0.2) is 0 Å². The molecule has 0 bridgehead atoms. The van der Waals surface area contributed by atoms with Crippen LogP contribution in [0.25, 0.3) is 0 Å². The van der Waals surface area contributed by atoms with E-state index < -0.39 is 17.6 Å². The van der Waals surface area contributed by atoms with Crippen LogP contribution in [0.1, 0.15) is 5.69 Å². The van der Waals surface area contributed by atoms with E-state index in [1.54, 1.807) is 0 Å². The first-order valence-electron chi connectivity index (χ1n) is 5.21. The number of hydrogen-bond donors (Lipinski definition) is 2. The van der Waals surface area contributed by atoms with Gasteiger partial charge in [-0.3, -0.25) is 4.79 Å². The minimum Gasteiger partial charge on any atom is -0.349 e. The first-order valence-corrected chi connectivity index (χ1v) is 5.21. The van der Waals surface area contributed by atoms with Gasteiger partial charge in [0.15, 0.2) is 0 Å². The van der Waals surface area contributed by atoms with Crippen molar-refractivity contribution in [1.82, 2.24) is 9.88 Å². The number of nitrogens with two attached hydrogens (primary N) is 1. The smallest absolute Gasteiger partial charge is 0.349 e. The van der Waals surface area contributed by atoms with E-state index in [0.29, 0.717) is 0 Å². The molecule has 1 aliphatic rings. The Morgan fingerprint density at radius 1 is 1.53 bits per heavy atom. The molecule has 0 aromatic carbocycles. The van der Waals surface area contributed by atoms with Crippen LogP contribution in [0.4, 0.5) is 13.2 Å². The molecule has 0 saturated carbocycles. The normalized spacial score (nSPS) is 25.8. The van der Waals surface area contributed by atoms with Crippen molar-refractivity contribution in [3.05, 3.63) is 24.0 Å². The number of carbonyl (C=O) groups excluding carboxylic acids is 1. The molecular weight excluding hydrogens is 235 g/mol. The van der Waals surface area contributed by atoms with Crippen molar-refractivity contribution >= 4 is 5.91 Å². The molecular formula is C10H13F3N3O+. The topological polar surface area (TPSA) is 50.6 Å². The Balaban J connectivity index is 2.59. The lowest BCUT2D eigenvalue weighted by Gasteiger charge is -2.35. The number of halogens is 3. The van der Waals surface area contributed by atoms with Gasteiger partial charge in [-0.2, -0.15) is 13.2 Å². The molecule has 1 aliphatic heterocycles. The highest BCUT2D eigenvalue weighted by atomic mass is 19.4. The molecule has 1 saturated heterocycles. The Labute approximate surface area is 95.8 Å². The summed E-state index contributed by atoms with van der Waals surface area (Å²) in [6.07, 6.45) is -3.14. The summed E-state index contributed by atoms with van der Waals surface area (Å²) in [5.74, 6) is -1.00. The molecule has 1 aromatic rings. The van der Waals surface area contributed by atoms with E-state index in [2.05, 4.69) is 5.32 Å². The highest BCUT2D eigenvalue weighted by molar-refractivity contribution is 5.87. The first kappa shape index (κ1) is 12.0. The Bertz CT molecular complexity index is 440. The van der Waals surface area contributed by atoms with E-state index in [-0.39, 0.29) is 18.8 Å². The molecule has 1 amide bonds. The molecule has 2 heterocycles. The number of piperazine rings is 1. The number of hydrogen-bond acceptors (Lipinski definition) is 1. The molecule has 94 valence electrons. The third kappa shape index (κ3) is 1.61. The monoisotopic (exact) mass is 248 g/mol. The van der Waals surface area contributed by atoms with Crippen LogP contribution in [-0.2, 0) is 17.4 Å². The maximum atomic E-state index is 13.3. The Morgan fingerprint density at radius 3 is 2.71 bits per heavy atom. The van der Waals surface area contributed by atoms with Crippen molar-refractivity contribution in [1.29, 1.82) is 0 Å². The van der Waals surface area contributed by atoms with Gasteiger partial charge in [-0.15, -0.1) is 0 Å². The number of nitrogens with one attached hydrogen (secondary N) is 1. The van der Waals surface area contributed by atoms with E-state index >= 15 is 0 Å². The van der Waals surface area contributed by atoms with Crippen LogP contribution in [0, 0.1) is 0 Å². The number of quaternary nitrogens is 1. The predicted octanol–water partition coefficient (Wildman–Crippen LogP) is -0.524. The molecule has 1 aromatic heterocycles.